The van der Waals surface area contributed by atoms with E-state index in [0.717, 1.165) is 21.4 Å². The topological polar surface area (TPSA) is 29.3 Å². The fourth-order valence-corrected chi connectivity index (χ4v) is 2.37. The molecule has 0 aliphatic rings. The first-order valence-corrected chi connectivity index (χ1v) is 6.72. The van der Waals surface area contributed by atoms with E-state index in [0.29, 0.717) is 0 Å². The highest BCUT2D eigenvalue weighted by atomic mass is 79.9. The third kappa shape index (κ3) is 2.74. The molecule has 94 valence electrons. The monoisotopic (exact) mass is 304 g/mol. The van der Waals surface area contributed by atoms with Gasteiger partial charge < -0.3 is 10.6 Å². The average molecular weight is 305 g/mol. The lowest BCUT2D eigenvalue weighted by atomic mass is 10.1. The summed E-state index contributed by atoms with van der Waals surface area (Å²) in [5.74, 6) is 0. The average Bonchev–Trinajstić information content (AvgIpc) is 2.39. The van der Waals surface area contributed by atoms with Crippen LogP contribution >= 0.6 is 15.9 Å². The van der Waals surface area contributed by atoms with Crippen molar-refractivity contribution in [3.63, 3.8) is 0 Å². The van der Waals surface area contributed by atoms with Crippen LogP contribution < -0.4 is 10.6 Å². The van der Waals surface area contributed by atoms with E-state index in [-0.39, 0.29) is 6.04 Å². The van der Waals surface area contributed by atoms with Crippen LogP contribution in [0.25, 0.3) is 0 Å². The predicted octanol–water partition coefficient (Wildman–Crippen LogP) is 4.24. The molecule has 2 N–H and O–H groups in total. The number of anilines is 2. The molecule has 0 spiro atoms. The number of nitrogens with zero attached hydrogens (tertiary/aromatic N) is 1. The first-order chi connectivity index (χ1) is 8.59. The van der Waals surface area contributed by atoms with Gasteiger partial charge in [-0.25, -0.2) is 0 Å². The minimum atomic E-state index is 0.00339. The van der Waals surface area contributed by atoms with E-state index in [4.69, 9.17) is 5.73 Å². The molecule has 0 heterocycles. The molecule has 0 aromatic heterocycles. The third-order valence-electron chi connectivity index (χ3n) is 2.98. The van der Waals surface area contributed by atoms with Crippen LogP contribution in [0.5, 0.6) is 0 Å². The summed E-state index contributed by atoms with van der Waals surface area (Å²) in [5, 5.41) is 0. The molecule has 18 heavy (non-hydrogen) atoms. The Morgan fingerprint density at radius 2 is 1.78 bits per heavy atom. The number of hydrogen-bond donors (Lipinski definition) is 1. The summed E-state index contributed by atoms with van der Waals surface area (Å²) in [6.07, 6.45) is 0. The Hall–Kier alpha value is -1.32. The molecule has 0 fully saturated rings. The molecular weight excluding hydrogens is 288 g/mol. The molecule has 2 aromatic carbocycles. The molecule has 1 unspecified atom stereocenters. The minimum absolute atomic E-state index is 0.00339. The number of para-hydroxylation sites is 1. The molecule has 3 heteroatoms. The maximum Gasteiger partial charge on any atom is 0.0457 e. The first kappa shape index (κ1) is 13.1. The van der Waals surface area contributed by atoms with E-state index < -0.39 is 0 Å². The number of halogens is 1. The van der Waals surface area contributed by atoms with E-state index in [1.54, 1.807) is 0 Å². The van der Waals surface area contributed by atoms with Crippen molar-refractivity contribution >= 4 is 27.3 Å². The molecule has 0 aliphatic heterocycles. The third-order valence-corrected chi connectivity index (χ3v) is 3.48. The van der Waals surface area contributed by atoms with E-state index in [2.05, 4.69) is 52.1 Å². The van der Waals surface area contributed by atoms with Gasteiger partial charge in [0, 0.05) is 28.9 Å². The van der Waals surface area contributed by atoms with Gasteiger partial charge in [-0.15, -0.1) is 0 Å². The zero-order valence-corrected chi connectivity index (χ0v) is 12.2. The van der Waals surface area contributed by atoms with Gasteiger partial charge in [-0.2, -0.15) is 0 Å². The van der Waals surface area contributed by atoms with Crippen LogP contribution in [0.2, 0.25) is 0 Å². The zero-order valence-electron chi connectivity index (χ0n) is 10.6. The quantitative estimate of drug-likeness (QED) is 0.919. The van der Waals surface area contributed by atoms with E-state index in [1.807, 2.05) is 31.2 Å². The normalized spacial score (nSPS) is 12.2. The fraction of sp³-hybridized carbons (Fsp3) is 0.200. The highest BCUT2D eigenvalue weighted by Crippen LogP contribution is 2.32. The molecule has 0 aliphatic carbocycles. The van der Waals surface area contributed by atoms with Crippen LogP contribution in [0.4, 0.5) is 11.4 Å². The standard InChI is InChI=1S/C15H17BrN2/c1-11(17)14-10-12(16)8-9-15(14)18(2)13-6-4-3-5-7-13/h3-11H,17H2,1-2H3. The molecule has 0 radical (unpaired) electrons. The van der Waals surface area contributed by atoms with E-state index in [1.165, 1.54) is 0 Å². The van der Waals surface area contributed by atoms with Gasteiger partial charge in [0.15, 0.2) is 0 Å². The Labute approximate surface area is 117 Å². The van der Waals surface area contributed by atoms with Gasteiger partial charge in [-0.05, 0) is 42.8 Å². The zero-order chi connectivity index (χ0) is 13.1. The molecule has 2 nitrogen and oxygen atoms in total. The summed E-state index contributed by atoms with van der Waals surface area (Å²) in [5.41, 5.74) is 9.48. The van der Waals surface area contributed by atoms with Crippen LogP contribution in [0.15, 0.2) is 53.0 Å². The smallest absolute Gasteiger partial charge is 0.0457 e. The van der Waals surface area contributed by atoms with Gasteiger partial charge in [-0.1, -0.05) is 34.1 Å². The number of hydrogen-bond acceptors (Lipinski definition) is 2. The van der Waals surface area contributed by atoms with Crippen molar-refractivity contribution in [1.29, 1.82) is 0 Å². The Morgan fingerprint density at radius 3 is 2.39 bits per heavy atom. The largest absolute Gasteiger partial charge is 0.344 e. The Bertz CT molecular complexity index is 523. The molecule has 2 rings (SSSR count). The maximum atomic E-state index is 6.05. The highest BCUT2D eigenvalue weighted by Gasteiger charge is 2.12. The van der Waals surface area contributed by atoms with Crippen LogP contribution in [0, 0.1) is 0 Å². The van der Waals surface area contributed by atoms with Gasteiger partial charge in [-0.3, -0.25) is 0 Å². The second-order valence-electron chi connectivity index (χ2n) is 4.39. The van der Waals surface area contributed by atoms with Gasteiger partial charge in [0.2, 0.25) is 0 Å². The molecule has 0 saturated heterocycles. The predicted molar refractivity (Wildman–Crippen MR) is 81.2 cm³/mol. The SMILES string of the molecule is CC(N)c1cc(Br)ccc1N(C)c1ccccc1. The van der Waals surface area contributed by atoms with Gasteiger partial charge >= 0.3 is 0 Å². The number of rotatable bonds is 3. The highest BCUT2D eigenvalue weighted by molar-refractivity contribution is 9.10. The molecular formula is C15H17BrN2. The molecule has 1 atom stereocenters. The molecule has 0 saturated carbocycles. The lowest BCUT2D eigenvalue weighted by molar-refractivity contribution is 0.814. The summed E-state index contributed by atoms with van der Waals surface area (Å²) in [7, 11) is 2.06. The minimum Gasteiger partial charge on any atom is -0.344 e. The molecule has 0 amide bonds. The summed E-state index contributed by atoms with van der Waals surface area (Å²) in [4.78, 5) is 2.16. The first-order valence-electron chi connectivity index (χ1n) is 5.93. The maximum absolute atomic E-state index is 6.05. The summed E-state index contributed by atoms with van der Waals surface area (Å²) in [6.45, 7) is 2.00. The van der Waals surface area contributed by atoms with Crippen molar-refractivity contribution in [1.82, 2.24) is 0 Å². The summed E-state index contributed by atoms with van der Waals surface area (Å²) >= 11 is 3.50. The van der Waals surface area contributed by atoms with E-state index in [9.17, 15) is 0 Å². The van der Waals surface area contributed by atoms with E-state index >= 15 is 0 Å². The van der Waals surface area contributed by atoms with Crippen LogP contribution in [0.1, 0.15) is 18.5 Å². The van der Waals surface area contributed by atoms with Crippen molar-refractivity contribution in [2.24, 2.45) is 5.73 Å². The summed E-state index contributed by atoms with van der Waals surface area (Å²) < 4.78 is 1.06. The van der Waals surface area contributed by atoms with Crippen molar-refractivity contribution in [3.8, 4) is 0 Å². The number of benzene rings is 2. The second kappa shape index (κ2) is 5.55. The van der Waals surface area contributed by atoms with Crippen molar-refractivity contribution in [2.45, 2.75) is 13.0 Å². The second-order valence-corrected chi connectivity index (χ2v) is 5.30. The Balaban J connectivity index is 2.45. The number of nitrogens with two attached hydrogens (primary N) is 1. The van der Waals surface area contributed by atoms with Gasteiger partial charge in [0.1, 0.15) is 0 Å². The van der Waals surface area contributed by atoms with Crippen molar-refractivity contribution in [2.75, 3.05) is 11.9 Å². The fourth-order valence-electron chi connectivity index (χ4n) is 1.99. The van der Waals surface area contributed by atoms with Gasteiger partial charge in [0.05, 0.1) is 0 Å². The van der Waals surface area contributed by atoms with Gasteiger partial charge in [0.25, 0.3) is 0 Å². The Kier molecular flexibility index (Phi) is 4.04. The molecule has 2 aromatic rings. The lowest BCUT2D eigenvalue weighted by Crippen LogP contribution is -2.15. The lowest BCUT2D eigenvalue weighted by Gasteiger charge is -2.24. The molecule has 0 bridgehead atoms. The van der Waals surface area contributed by atoms with Crippen LogP contribution in [-0.4, -0.2) is 7.05 Å². The van der Waals surface area contributed by atoms with Crippen LogP contribution in [-0.2, 0) is 0 Å². The van der Waals surface area contributed by atoms with Crippen LogP contribution in [0.3, 0.4) is 0 Å². The Morgan fingerprint density at radius 1 is 1.11 bits per heavy atom. The van der Waals surface area contributed by atoms with Crippen molar-refractivity contribution < 1.29 is 0 Å². The van der Waals surface area contributed by atoms with Crippen molar-refractivity contribution in [3.05, 3.63) is 58.6 Å². The summed E-state index contributed by atoms with van der Waals surface area (Å²) in [6, 6.07) is 16.5.